The minimum absolute atomic E-state index is 0.108. The number of nitrogens with two attached hydrogens (primary N) is 1. The van der Waals surface area contributed by atoms with Crippen LogP contribution in [0.4, 0.5) is 19.0 Å². The molecule has 0 bridgehead atoms. The maximum Gasteiger partial charge on any atom is 0.390 e. The first-order valence-electron chi connectivity index (χ1n) is 8.67. The first-order chi connectivity index (χ1) is 12.6. The highest BCUT2D eigenvalue weighted by atomic mass is 32.2. The molecule has 0 spiro atoms. The highest BCUT2D eigenvalue weighted by Gasteiger charge is 2.28. The van der Waals surface area contributed by atoms with Crippen molar-refractivity contribution in [2.24, 2.45) is 11.7 Å². The van der Waals surface area contributed by atoms with E-state index in [4.69, 9.17) is 5.73 Å². The summed E-state index contributed by atoms with van der Waals surface area (Å²) in [7, 11) is -4.11. The quantitative estimate of drug-likeness (QED) is 0.640. The predicted octanol–water partition coefficient (Wildman–Crippen LogP) is 2.16. The molecule has 152 valence electrons. The molecule has 7 nitrogen and oxygen atoms in total. The van der Waals surface area contributed by atoms with Crippen molar-refractivity contribution < 1.29 is 26.4 Å². The molecule has 0 aromatic carbocycles. The lowest BCUT2D eigenvalue weighted by atomic mass is 9.84. The van der Waals surface area contributed by atoms with Crippen LogP contribution in [0.2, 0.25) is 0 Å². The zero-order valence-corrected chi connectivity index (χ0v) is 15.4. The Bertz CT molecular complexity index is 732. The standard InChI is InChI=1S/C16H23F3N4O3S/c17-16(18,19)8-9-22-27(25,26)12-6-7-13(21-10-12)23-15(24)14(20)11-4-2-1-3-5-11/h6-7,10-11,14,22H,1-5,8-9,20H2,(H,21,23,24)/t14-/m0/s1. The average molecular weight is 408 g/mol. The Morgan fingerprint density at radius 2 is 1.93 bits per heavy atom. The van der Waals surface area contributed by atoms with Gasteiger partial charge in [0.15, 0.2) is 0 Å². The van der Waals surface area contributed by atoms with Crippen LogP contribution in [0, 0.1) is 5.92 Å². The van der Waals surface area contributed by atoms with Crippen molar-refractivity contribution in [3.63, 3.8) is 0 Å². The number of rotatable bonds is 7. The van der Waals surface area contributed by atoms with Crippen LogP contribution in [-0.4, -0.2) is 38.1 Å². The molecule has 27 heavy (non-hydrogen) atoms. The van der Waals surface area contributed by atoms with E-state index in [9.17, 15) is 26.4 Å². The van der Waals surface area contributed by atoms with Crippen molar-refractivity contribution in [1.29, 1.82) is 0 Å². The highest BCUT2D eigenvalue weighted by Crippen LogP contribution is 2.26. The zero-order valence-electron chi connectivity index (χ0n) is 14.6. The van der Waals surface area contributed by atoms with Crippen LogP contribution in [0.25, 0.3) is 0 Å². The summed E-state index contributed by atoms with van der Waals surface area (Å²) >= 11 is 0. The van der Waals surface area contributed by atoms with Crippen LogP contribution >= 0.6 is 0 Å². The minimum atomic E-state index is -4.45. The second-order valence-corrected chi connectivity index (χ2v) is 8.32. The summed E-state index contributed by atoms with van der Waals surface area (Å²) in [5.74, 6) is -0.162. The van der Waals surface area contributed by atoms with Gasteiger partial charge in [0, 0.05) is 12.7 Å². The van der Waals surface area contributed by atoms with Gasteiger partial charge < -0.3 is 11.1 Å². The van der Waals surface area contributed by atoms with E-state index in [2.05, 4.69) is 10.3 Å². The molecular weight excluding hydrogens is 385 g/mol. The summed E-state index contributed by atoms with van der Waals surface area (Å²) in [5, 5.41) is 2.54. The SMILES string of the molecule is N[C@H](C(=O)Nc1ccc(S(=O)(=O)NCCC(F)(F)F)cn1)C1CCCCC1. The summed E-state index contributed by atoms with van der Waals surface area (Å²) in [6.45, 7) is -0.763. The van der Waals surface area contributed by atoms with Gasteiger partial charge in [0.05, 0.1) is 12.5 Å². The van der Waals surface area contributed by atoms with Gasteiger partial charge in [-0.05, 0) is 30.9 Å². The van der Waals surface area contributed by atoms with Crippen molar-refractivity contribution in [2.75, 3.05) is 11.9 Å². The van der Waals surface area contributed by atoms with Crippen LogP contribution in [0.5, 0.6) is 0 Å². The van der Waals surface area contributed by atoms with Crippen LogP contribution in [0.3, 0.4) is 0 Å². The number of nitrogens with zero attached hydrogens (tertiary/aromatic N) is 1. The van der Waals surface area contributed by atoms with E-state index in [1.807, 2.05) is 4.72 Å². The number of carbonyl (C=O) groups excluding carboxylic acids is 1. The third kappa shape index (κ3) is 6.74. The Morgan fingerprint density at radius 1 is 1.26 bits per heavy atom. The van der Waals surface area contributed by atoms with Gasteiger partial charge in [-0.2, -0.15) is 13.2 Å². The van der Waals surface area contributed by atoms with Gasteiger partial charge >= 0.3 is 6.18 Å². The Morgan fingerprint density at radius 3 is 2.48 bits per heavy atom. The Balaban J connectivity index is 1.92. The molecule has 1 fully saturated rings. The molecule has 0 saturated heterocycles. The maximum absolute atomic E-state index is 12.2. The van der Waals surface area contributed by atoms with E-state index in [-0.39, 0.29) is 16.6 Å². The number of aromatic nitrogens is 1. The third-order valence-corrected chi connectivity index (χ3v) is 5.91. The van der Waals surface area contributed by atoms with Gasteiger partial charge in [-0.1, -0.05) is 19.3 Å². The van der Waals surface area contributed by atoms with E-state index >= 15 is 0 Å². The first kappa shape index (κ1) is 21.6. The number of alkyl halides is 3. The number of hydrogen-bond acceptors (Lipinski definition) is 5. The van der Waals surface area contributed by atoms with E-state index in [1.54, 1.807) is 0 Å². The van der Waals surface area contributed by atoms with E-state index in [0.29, 0.717) is 0 Å². The number of anilines is 1. The van der Waals surface area contributed by atoms with Gasteiger partial charge in [0.1, 0.15) is 10.7 Å². The second-order valence-electron chi connectivity index (χ2n) is 6.56. The largest absolute Gasteiger partial charge is 0.390 e. The van der Waals surface area contributed by atoms with Crippen LogP contribution in [-0.2, 0) is 14.8 Å². The monoisotopic (exact) mass is 408 g/mol. The van der Waals surface area contributed by atoms with Gasteiger partial charge in [0.2, 0.25) is 15.9 Å². The van der Waals surface area contributed by atoms with Gasteiger partial charge in [0.25, 0.3) is 0 Å². The lowest BCUT2D eigenvalue weighted by Crippen LogP contribution is -2.42. The van der Waals surface area contributed by atoms with E-state index < -0.39 is 41.1 Å². The number of nitrogens with one attached hydrogen (secondary N) is 2. The molecule has 2 rings (SSSR count). The highest BCUT2D eigenvalue weighted by molar-refractivity contribution is 7.89. The van der Waals surface area contributed by atoms with Gasteiger partial charge in [-0.3, -0.25) is 4.79 Å². The summed E-state index contributed by atoms with van der Waals surface area (Å²) in [6.07, 6.45) is 0.247. The molecule has 0 radical (unpaired) electrons. The topological polar surface area (TPSA) is 114 Å². The summed E-state index contributed by atoms with van der Waals surface area (Å²) in [5.41, 5.74) is 5.99. The first-order valence-corrected chi connectivity index (χ1v) is 10.2. The number of pyridine rings is 1. The molecule has 1 atom stereocenters. The number of hydrogen-bond donors (Lipinski definition) is 3. The molecule has 1 aromatic heterocycles. The lowest BCUT2D eigenvalue weighted by molar-refractivity contribution is -0.132. The Hall–Kier alpha value is -1.72. The number of amides is 1. The van der Waals surface area contributed by atoms with Crippen molar-refractivity contribution >= 4 is 21.7 Å². The molecular formula is C16H23F3N4O3S. The summed E-state index contributed by atoms with van der Waals surface area (Å²) < 4.78 is 62.1. The molecule has 4 N–H and O–H groups in total. The van der Waals surface area contributed by atoms with Gasteiger partial charge in [-0.15, -0.1) is 0 Å². The van der Waals surface area contributed by atoms with Gasteiger partial charge in [-0.25, -0.2) is 18.1 Å². The van der Waals surface area contributed by atoms with E-state index in [0.717, 1.165) is 44.4 Å². The average Bonchev–Trinajstić information content (AvgIpc) is 2.61. The molecule has 1 aromatic rings. The molecule has 0 unspecified atom stereocenters. The number of carbonyl (C=O) groups is 1. The van der Waals surface area contributed by atoms with E-state index in [1.165, 1.54) is 6.07 Å². The summed E-state index contributed by atoms with van der Waals surface area (Å²) in [4.78, 5) is 15.8. The van der Waals surface area contributed by atoms with Crippen molar-refractivity contribution in [3.05, 3.63) is 18.3 Å². The van der Waals surface area contributed by atoms with Crippen molar-refractivity contribution in [3.8, 4) is 0 Å². The molecule has 1 amide bonds. The Kier molecular flexibility index (Phi) is 7.18. The molecule has 1 aliphatic rings. The molecule has 1 saturated carbocycles. The van der Waals surface area contributed by atoms with Crippen molar-refractivity contribution in [2.45, 2.75) is 55.6 Å². The fraction of sp³-hybridized carbons (Fsp3) is 0.625. The maximum atomic E-state index is 12.2. The third-order valence-electron chi connectivity index (χ3n) is 4.46. The molecule has 1 aliphatic carbocycles. The molecule has 11 heteroatoms. The molecule has 0 aliphatic heterocycles. The normalized spacial score (nSPS) is 17.5. The van der Waals surface area contributed by atoms with Crippen molar-refractivity contribution in [1.82, 2.24) is 9.71 Å². The fourth-order valence-electron chi connectivity index (χ4n) is 2.94. The number of halogens is 3. The number of sulfonamides is 1. The summed E-state index contributed by atoms with van der Waals surface area (Å²) in [6, 6.07) is 1.76. The predicted molar refractivity (Wildman–Crippen MR) is 93.3 cm³/mol. The zero-order chi connectivity index (χ0) is 20.1. The molecule has 1 heterocycles. The lowest BCUT2D eigenvalue weighted by Gasteiger charge is -2.26. The van der Waals surface area contributed by atoms with Crippen LogP contribution < -0.4 is 15.8 Å². The fourth-order valence-corrected chi connectivity index (χ4v) is 3.92. The van der Waals surface area contributed by atoms with Crippen LogP contribution in [0.15, 0.2) is 23.2 Å². The van der Waals surface area contributed by atoms with Crippen LogP contribution in [0.1, 0.15) is 38.5 Å². The second kappa shape index (κ2) is 8.98. The Labute approximate surface area is 156 Å². The minimum Gasteiger partial charge on any atom is -0.320 e. The smallest absolute Gasteiger partial charge is 0.320 e.